The van der Waals surface area contributed by atoms with E-state index in [-0.39, 0.29) is 5.91 Å². The summed E-state index contributed by atoms with van der Waals surface area (Å²) < 4.78 is 24.9. The first-order valence-electron chi connectivity index (χ1n) is 8.20. The van der Waals surface area contributed by atoms with Crippen molar-refractivity contribution in [2.75, 3.05) is 32.4 Å². The van der Waals surface area contributed by atoms with Crippen LogP contribution < -0.4 is 0 Å². The largest absolute Gasteiger partial charge is 0.337 e. The maximum absolute atomic E-state index is 12.9. The number of rotatable bonds is 2. The van der Waals surface area contributed by atoms with E-state index in [1.807, 2.05) is 10.3 Å². The van der Waals surface area contributed by atoms with Crippen LogP contribution in [0.25, 0.3) is 0 Å². The Labute approximate surface area is 142 Å². The molecule has 1 aromatic heterocycles. The first-order valence-corrected chi connectivity index (χ1v) is 10.9. The predicted molar refractivity (Wildman–Crippen MR) is 92.4 cm³/mol. The van der Waals surface area contributed by atoms with Crippen LogP contribution in [0, 0.1) is 5.92 Å². The highest BCUT2D eigenvalue weighted by Gasteiger charge is 2.28. The Morgan fingerprint density at radius 2 is 2.04 bits per heavy atom. The fraction of sp³-hybridized carbons (Fsp3) is 0.688. The topological polar surface area (TPSA) is 57.7 Å². The van der Waals surface area contributed by atoms with Crippen LogP contribution >= 0.6 is 11.3 Å². The Hall–Kier alpha value is -0.920. The van der Waals surface area contributed by atoms with E-state index in [0.29, 0.717) is 38.5 Å². The molecule has 1 aliphatic heterocycles. The van der Waals surface area contributed by atoms with Crippen molar-refractivity contribution in [1.29, 1.82) is 0 Å². The number of fused-ring (bicyclic) bond motifs is 1. The summed E-state index contributed by atoms with van der Waals surface area (Å²) in [5, 5.41) is 2.00. The molecule has 2 heterocycles. The minimum atomic E-state index is -3.18. The van der Waals surface area contributed by atoms with E-state index in [4.69, 9.17) is 0 Å². The summed E-state index contributed by atoms with van der Waals surface area (Å²) in [5.41, 5.74) is 2.09. The molecule has 128 valence electrons. The summed E-state index contributed by atoms with van der Waals surface area (Å²) in [4.78, 5) is 16.1. The molecule has 0 saturated carbocycles. The molecule has 7 heteroatoms. The number of carbonyl (C=O) groups excluding carboxylic acids is 1. The predicted octanol–water partition coefficient (Wildman–Crippen LogP) is 1.98. The summed E-state index contributed by atoms with van der Waals surface area (Å²) in [6.45, 7) is 4.27. The average molecular weight is 357 g/mol. The average Bonchev–Trinajstić information content (AvgIpc) is 2.72. The second-order valence-corrected chi connectivity index (χ2v) is 9.65. The summed E-state index contributed by atoms with van der Waals surface area (Å²) in [6, 6.07) is 0. The van der Waals surface area contributed by atoms with Crippen LogP contribution in [0.1, 0.15) is 40.6 Å². The van der Waals surface area contributed by atoms with Gasteiger partial charge >= 0.3 is 0 Å². The van der Waals surface area contributed by atoms with Crippen LogP contribution in [0.3, 0.4) is 0 Å². The van der Waals surface area contributed by atoms with Gasteiger partial charge in [0.05, 0.1) is 11.8 Å². The minimum Gasteiger partial charge on any atom is -0.337 e. The van der Waals surface area contributed by atoms with Gasteiger partial charge in [-0.15, -0.1) is 11.3 Å². The molecule has 0 radical (unpaired) electrons. The number of sulfonamides is 1. The SMILES string of the molecule is CC1CCc2c(C(=O)N3CCCN(S(C)(=O)=O)CC3)csc2C1. The molecule has 1 fully saturated rings. The monoisotopic (exact) mass is 356 g/mol. The fourth-order valence-electron chi connectivity index (χ4n) is 3.46. The molecule has 2 aliphatic rings. The summed E-state index contributed by atoms with van der Waals surface area (Å²) in [5.74, 6) is 0.776. The molecule has 1 saturated heterocycles. The molecule has 5 nitrogen and oxygen atoms in total. The van der Waals surface area contributed by atoms with E-state index in [9.17, 15) is 13.2 Å². The van der Waals surface area contributed by atoms with Gasteiger partial charge in [-0.2, -0.15) is 0 Å². The molecule has 1 amide bonds. The molecule has 1 aliphatic carbocycles. The number of hydrogen-bond donors (Lipinski definition) is 0. The van der Waals surface area contributed by atoms with Gasteiger partial charge < -0.3 is 4.90 Å². The molecule has 3 rings (SSSR count). The number of nitrogens with zero attached hydrogens (tertiary/aromatic N) is 2. The molecule has 1 aromatic rings. The molecule has 1 unspecified atom stereocenters. The number of hydrogen-bond acceptors (Lipinski definition) is 4. The van der Waals surface area contributed by atoms with Gasteiger partial charge in [-0.05, 0) is 37.2 Å². The van der Waals surface area contributed by atoms with Gasteiger partial charge in [0.2, 0.25) is 10.0 Å². The van der Waals surface area contributed by atoms with Crippen LogP contribution in [-0.4, -0.2) is 56.0 Å². The van der Waals surface area contributed by atoms with Gasteiger partial charge in [0.15, 0.2) is 0 Å². The van der Waals surface area contributed by atoms with Crippen LogP contribution in [0.4, 0.5) is 0 Å². The third-order valence-corrected chi connectivity index (χ3v) is 7.20. The third kappa shape index (κ3) is 3.61. The third-order valence-electron chi connectivity index (χ3n) is 4.84. The second-order valence-electron chi connectivity index (χ2n) is 6.71. The Balaban J connectivity index is 1.74. The van der Waals surface area contributed by atoms with Crippen molar-refractivity contribution in [3.63, 3.8) is 0 Å². The molecular formula is C16H24N2O3S2. The normalized spacial score (nSPS) is 23.4. The van der Waals surface area contributed by atoms with Gasteiger partial charge in [-0.1, -0.05) is 6.92 Å². The van der Waals surface area contributed by atoms with Crippen molar-refractivity contribution in [3.8, 4) is 0 Å². The molecule has 0 bridgehead atoms. The fourth-order valence-corrected chi connectivity index (χ4v) is 5.57. The van der Waals surface area contributed by atoms with Crippen molar-refractivity contribution >= 4 is 27.3 Å². The Morgan fingerprint density at radius 3 is 2.78 bits per heavy atom. The second kappa shape index (κ2) is 6.53. The van der Waals surface area contributed by atoms with Crippen molar-refractivity contribution in [2.45, 2.75) is 32.6 Å². The van der Waals surface area contributed by atoms with Crippen LogP contribution in [0.15, 0.2) is 5.38 Å². The molecule has 23 heavy (non-hydrogen) atoms. The van der Waals surface area contributed by atoms with Gasteiger partial charge in [0.25, 0.3) is 5.91 Å². The lowest BCUT2D eigenvalue weighted by atomic mass is 9.88. The van der Waals surface area contributed by atoms with Crippen LogP contribution in [-0.2, 0) is 22.9 Å². The maximum Gasteiger partial charge on any atom is 0.255 e. The highest BCUT2D eigenvalue weighted by atomic mass is 32.2. The van der Waals surface area contributed by atoms with Gasteiger partial charge in [-0.3, -0.25) is 4.79 Å². The lowest BCUT2D eigenvalue weighted by Crippen LogP contribution is -2.37. The lowest BCUT2D eigenvalue weighted by Gasteiger charge is -2.23. The zero-order chi connectivity index (χ0) is 16.6. The number of thiophene rings is 1. The highest BCUT2D eigenvalue weighted by molar-refractivity contribution is 7.88. The van der Waals surface area contributed by atoms with E-state index in [0.717, 1.165) is 24.8 Å². The van der Waals surface area contributed by atoms with Crippen LogP contribution in [0.5, 0.6) is 0 Å². The zero-order valence-corrected chi connectivity index (χ0v) is 15.4. The first-order chi connectivity index (χ1) is 10.9. The summed E-state index contributed by atoms with van der Waals surface area (Å²) in [6.07, 6.45) is 5.15. The summed E-state index contributed by atoms with van der Waals surface area (Å²) >= 11 is 1.70. The van der Waals surface area contributed by atoms with E-state index < -0.39 is 10.0 Å². The number of amides is 1. The van der Waals surface area contributed by atoms with Gasteiger partial charge in [-0.25, -0.2) is 12.7 Å². The van der Waals surface area contributed by atoms with Gasteiger partial charge in [0.1, 0.15) is 0 Å². The van der Waals surface area contributed by atoms with Crippen molar-refractivity contribution < 1.29 is 13.2 Å². The quantitative estimate of drug-likeness (QED) is 0.814. The number of carbonyl (C=O) groups is 1. The van der Waals surface area contributed by atoms with E-state index in [1.165, 1.54) is 21.0 Å². The molecule has 1 atom stereocenters. The molecule has 0 N–H and O–H groups in total. The van der Waals surface area contributed by atoms with Crippen molar-refractivity contribution in [1.82, 2.24) is 9.21 Å². The first kappa shape index (κ1) is 16.9. The van der Waals surface area contributed by atoms with Crippen molar-refractivity contribution in [2.24, 2.45) is 5.92 Å². The molecule has 0 spiro atoms. The molecule has 0 aromatic carbocycles. The smallest absolute Gasteiger partial charge is 0.255 e. The minimum absolute atomic E-state index is 0.0763. The highest BCUT2D eigenvalue weighted by Crippen LogP contribution is 2.33. The van der Waals surface area contributed by atoms with E-state index in [1.54, 1.807) is 11.3 Å². The van der Waals surface area contributed by atoms with E-state index >= 15 is 0 Å². The Kier molecular flexibility index (Phi) is 4.80. The van der Waals surface area contributed by atoms with E-state index in [2.05, 4.69) is 6.92 Å². The zero-order valence-electron chi connectivity index (χ0n) is 13.7. The Bertz CT molecular complexity index is 696. The summed E-state index contributed by atoms with van der Waals surface area (Å²) in [7, 11) is -3.18. The van der Waals surface area contributed by atoms with Crippen LogP contribution in [0.2, 0.25) is 0 Å². The lowest BCUT2D eigenvalue weighted by molar-refractivity contribution is 0.0763. The molecular weight excluding hydrogens is 332 g/mol. The standard InChI is InChI=1S/C16H24N2O3S2/c1-12-4-5-13-14(11-22-15(13)10-12)16(19)17-6-3-7-18(9-8-17)23(2,20)21/h11-12H,3-10H2,1-2H3. The van der Waals surface area contributed by atoms with Crippen molar-refractivity contribution in [3.05, 3.63) is 21.4 Å². The Morgan fingerprint density at radius 1 is 1.26 bits per heavy atom. The maximum atomic E-state index is 12.9. The van der Waals surface area contributed by atoms with Gasteiger partial charge in [0, 0.05) is 36.4 Å².